The molecule has 1 N–H and O–H groups in total. The van der Waals surface area contributed by atoms with Gasteiger partial charge in [0.25, 0.3) is 0 Å². The van der Waals surface area contributed by atoms with Crippen molar-refractivity contribution in [1.82, 2.24) is 4.72 Å². The third kappa shape index (κ3) is 6.18. The summed E-state index contributed by atoms with van der Waals surface area (Å²) in [5.41, 5.74) is 2.24. The standard InChI is InChI=1S/C27H33NO6S/c1-6-8-9-20-16-24(29)34-26-19(5)23(15-14-22(20)26)33-27(30)25(18(4)7-2)28-35(31,32)21-12-10-17(3)11-13-21/h10-16,18,25,28H,6-9H2,1-5H3/t18-,25-/m0/s1. The average molecular weight is 500 g/mol. The van der Waals surface area contributed by atoms with Crippen LogP contribution in [0.5, 0.6) is 5.75 Å². The molecular weight excluding hydrogens is 466 g/mol. The summed E-state index contributed by atoms with van der Waals surface area (Å²) in [6.07, 6.45) is 3.23. The van der Waals surface area contributed by atoms with E-state index in [-0.39, 0.29) is 16.6 Å². The molecule has 35 heavy (non-hydrogen) atoms. The van der Waals surface area contributed by atoms with Crippen molar-refractivity contribution < 1.29 is 22.4 Å². The number of aryl methyl sites for hydroxylation is 3. The van der Waals surface area contributed by atoms with Gasteiger partial charge in [-0.25, -0.2) is 18.0 Å². The number of carbonyl (C=O) groups is 1. The van der Waals surface area contributed by atoms with Crippen LogP contribution in [0.2, 0.25) is 0 Å². The van der Waals surface area contributed by atoms with Gasteiger partial charge in [-0.2, -0.15) is 4.72 Å². The van der Waals surface area contributed by atoms with Gasteiger partial charge in [-0.15, -0.1) is 0 Å². The quantitative estimate of drug-likeness (QED) is 0.238. The highest BCUT2D eigenvalue weighted by atomic mass is 32.2. The van der Waals surface area contributed by atoms with E-state index in [1.165, 1.54) is 18.2 Å². The van der Waals surface area contributed by atoms with E-state index < -0.39 is 27.7 Å². The van der Waals surface area contributed by atoms with E-state index >= 15 is 0 Å². The lowest BCUT2D eigenvalue weighted by Gasteiger charge is -2.23. The summed E-state index contributed by atoms with van der Waals surface area (Å²) in [5.74, 6) is -0.815. The number of sulfonamides is 1. The summed E-state index contributed by atoms with van der Waals surface area (Å²) in [6.45, 7) is 9.32. The molecule has 0 bridgehead atoms. The lowest BCUT2D eigenvalue weighted by atomic mass is 10.00. The van der Waals surface area contributed by atoms with E-state index in [0.29, 0.717) is 17.6 Å². The number of rotatable bonds is 10. The predicted molar refractivity (Wildman–Crippen MR) is 136 cm³/mol. The third-order valence-electron chi connectivity index (χ3n) is 6.29. The van der Waals surface area contributed by atoms with Crippen LogP contribution in [0.4, 0.5) is 0 Å². The minimum absolute atomic E-state index is 0.0764. The van der Waals surface area contributed by atoms with Crippen molar-refractivity contribution in [1.29, 1.82) is 0 Å². The van der Waals surface area contributed by atoms with Crippen LogP contribution in [0, 0.1) is 19.8 Å². The molecule has 0 saturated carbocycles. The Balaban J connectivity index is 1.92. The van der Waals surface area contributed by atoms with Crippen LogP contribution in [-0.2, 0) is 21.2 Å². The first-order valence-corrected chi connectivity index (χ1v) is 13.4. The van der Waals surface area contributed by atoms with Gasteiger partial charge in [-0.1, -0.05) is 51.3 Å². The molecule has 0 amide bonds. The molecule has 3 aromatic rings. The van der Waals surface area contributed by atoms with Gasteiger partial charge in [-0.3, -0.25) is 0 Å². The first-order chi connectivity index (χ1) is 16.6. The number of hydrogen-bond donors (Lipinski definition) is 1. The Labute approximate surface area is 206 Å². The number of hydrogen-bond acceptors (Lipinski definition) is 6. The zero-order chi connectivity index (χ0) is 25.8. The molecule has 188 valence electrons. The van der Waals surface area contributed by atoms with Gasteiger partial charge >= 0.3 is 11.6 Å². The lowest BCUT2D eigenvalue weighted by Crippen LogP contribution is -2.47. The lowest BCUT2D eigenvalue weighted by molar-refractivity contribution is -0.137. The van der Waals surface area contributed by atoms with Crippen LogP contribution in [-0.4, -0.2) is 20.4 Å². The molecule has 0 aliphatic rings. The van der Waals surface area contributed by atoms with E-state index in [1.54, 1.807) is 38.1 Å². The Morgan fingerprint density at radius 3 is 2.40 bits per heavy atom. The molecule has 1 aromatic heterocycles. The predicted octanol–water partition coefficient (Wildman–Crippen LogP) is 5.05. The van der Waals surface area contributed by atoms with Crippen LogP contribution in [0.1, 0.15) is 56.7 Å². The summed E-state index contributed by atoms with van der Waals surface area (Å²) < 4.78 is 39.6. The SMILES string of the molecule is CCCCc1cc(=O)oc2c(C)c(OC(=O)[C@@H](NS(=O)(=O)c3ccc(C)cc3)[C@@H](C)CC)ccc12. The molecule has 1 heterocycles. The van der Waals surface area contributed by atoms with E-state index in [4.69, 9.17) is 9.15 Å². The molecule has 2 aromatic carbocycles. The number of fused-ring (bicyclic) bond motifs is 1. The number of benzene rings is 2. The summed E-state index contributed by atoms with van der Waals surface area (Å²) in [4.78, 5) is 25.4. The Morgan fingerprint density at radius 1 is 1.09 bits per heavy atom. The summed E-state index contributed by atoms with van der Waals surface area (Å²) in [7, 11) is -3.94. The molecule has 0 aliphatic carbocycles. The van der Waals surface area contributed by atoms with Gasteiger partial charge < -0.3 is 9.15 Å². The van der Waals surface area contributed by atoms with Gasteiger partial charge in [-0.05, 0) is 62.4 Å². The van der Waals surface area contributed by atoms with Crippen LogP contribution >= 0.6 is 0 Å². The Hall–Kier alpha value is -2.97. The second-order valence-corrected chi connectivity index (χ2v) is 10.7. The minimum atomic E-state index is -3.94. The Kier molecular flexibility index (Phi) is 8.51. The van der Waals surface area contributed by atoms with E-state index in [9.17, 15) is 18.0 Å². The number of nitrogens with one attached hydrogen (secondary N) is 1. The molecule has 0 radical (unpaired) electrons. The maximum Gasteiger partial charge on any atom is 0.336 e. The summed E-state index contributed by atoms with van der Waals surface area (Å²) in [5, 5.41) is 0.800. The van der Waals surface area contributed by atoms with E-state index in [2.05, 4.69) is 11.6 Å². The first kappa shape index (κ1) is 26.6. The van der Waals surface area contributed by atoms with Crippen LogP contribution in [0.25, 0.3) is 11.0 Å². The monoisotopic (exact) mass is 499 g/mol. The van der Waals surface area contributed by atoms with Crippen molar-refractivity contribution in [2.75, 3.05) is 0 Å². The van der Waals surface area contributed by atoms with Crippen molar-refractivity contribution >= 4 is 27.0 Å². The zero-order valence-electron chi connectivity index (χ0n) is 20.9. The van der Waals surface area contributed by atoms with Gasteiger partial charge in [0, 0.05) is 17.0 Å². The van der Waals surface area contributed by atoms with Crippen LogP contribution < -0.4 is 15.1 Å². The van der Waals surface area contributed by atoms with Gasteiger partial charge in [0.2, 0.25) is 10.0 Å². The van der Waals surface area contributed by atoms with Crippen molar-refractivity contribution in [2.24, 2.45) is 5.92 Å². The smallest absolute Gasteiger partial charge is 0.336 e. The van der Waals surface area contributed by atoms with Crippen LogP contribution in [0.15, 0.2) is 56.6 Å². The van der Waals surface area contributed by atoms with Gasteiger partial charge in [0.1, 0.15) is 17.4 Å². The second kappa shape index (κ2) is 11.2. The largest absolute Gasteiger partial charge is 0.425 e. The Morgan fingerprint density at radius 2 is 1.77 bits per heavy atom. The average Bonchev–Trinajstić information content (AvgIpc) is 2.82. The molecule has 0 spiro atoms. The second-order valence-electron chi connectivity index (χ2n) is 8.98. The molecule has 0 unspecified atom stereocenters. The highest BCUT2D eigenvalue weighted by Crippen LogP contribution is 2.30. The first-order valence-electron chi connectivity index (χ1n) is 11.9. The molecule has 0 aliphatic heterocycles. The minimum Gasteiger partial charge on any atom is -0.425 e. The highest BCUT2D eigenvalue weighted by Gasteiger charge is 2.32. The maximum absolute atomic E-state index is 13.2. The normalized spacial score (nSPS) is 13.5. The number of esters is 1. The fraction of sp³-hybridized carbons (Fsp3) is 0.407. The molecule has 7 nitrogen and oxygen atoms in total. The van der Waals surface area contributed by atoms with Crippen molar-refractivity contribution in [2.45, 2.75) is 71.2 Å². The number of unbranched alkanes of at least 4 members (excludes halogenated alkanes) is 1. The van der Waals surface area contributed by atoms with Crippen LogP contribution in [0.3, 0.4) is 0 Å². The maximum atomic E-state index is 13.2. The highest BCUT2D eigenvalue weighted by molar-refractivity contribution is 7.89. The number of carbonyl (C=O) groups excluding carboxylic acids is 1. The fourth-order valence-electron chi connectivity index (χ4n) is 3.85. The molecule has 0 saturated heterocycles. The summed E-state index contributed by atoms with van der Waals surface area (Å²) in [6, 6.07) is 10.2. The third-order valence-corrected chi connectivity index (χ3v) is 7.74. The van der Waals surface area contributed by atoms with Crippen molar-refractivity contribution in [3.63, 3.8) is 0 Å². The summed E-state index contributed by atoms with van der Waals surface area (Å²) >= 11 is 0. The van der Waals surface area contributed by atoms with Gasteiger partial charge in [0.15, 0.2) is 0 Å². The van der Waals surface area contributed by atoms with Crippen molar-refractivity contribution in [3.8, 4) is 5.75 Å². The Bertz CT molecular complexity index is 1360. The zero-order valence-corrected chi connectivity index (χ0v) is 21.7. The molecular formula is C27H33NO6S. The molecule has 2 atom stereocenters. The topological polar surface area (TPSA) is 103 Å². The van der Waals surface area contributed by atoms with E-state index in [0.717, 1.165) is 35.8 Å². The van der Waals surface area contributed by atoms with E-state index in [1.807, 2.05) is 13.8 Å². The number of ether oxygens (including phenoxy) is 1. The van der Waals surface area contributed by atoms with Gasteiger partial charge in [0.05, 0.1) is 4.90 Å². The molecule has 8 heteroatoms. The van der Waals surface area contributed by atoms with Crippen molar-refractivity contribution in [3.05, 3.63) is 69.6 Å². The molecule has 0 fully saturated rings. The fourth-order valence-corrected chi connectivity index (χ4v) is 5.14. The molecule has 3 rings (SSSR count).